The molecule has 0 fully saturated rings. The van der Waals surface area contributed by atoms with E-state index in [0.29, 0.717) is 22.7 Å². The maximum absolute atomic E-state index is 13.3. The number of halogens is 2. The van der Waals surface area contributed by atoms with E-state index in [-0.39, 0.29) is 23.5 Å². The average Bonchev–Trinajstić information content (AvgIpc) is 2.75. The maximum Gasteiger partial charge on any atom is 0.262 e. The molecular formula is C24H22ClFN2O3. The normalized spacial score (nSPS) is 10.6. The number of anilines is 2. The predicted molar refractivity (Wildman–Crippen MR) is 120 cm³/mol. The van der Waals surface area contributed by atoms with Gasteiger partial charge in [-0.15, -0.1) is 0 Å². The second-order valence-electron chi connectivity index (χ2n) is 7.19. The third-order valence-corrected chi connectivity index (χ3v) is 4.78. The van der Waals surface area contributed by atoms with Crippen molar-refractivity contribution in [1.82, 2.24) is 0 Å². The highest BCUT2D eigenvalue weighted by Crippen LogP contribution is 2.26. The van der Waals surface area contributed by atoms with Crippen molar-refractivity contribution in [2.75, 3.05) is 17.2 Å². The van der Waals surface area contributed by atoms with Crippen molar-refractivity contribution >= 4 is 34.8 Å². The Balaban J connectivity index is 1.61. The van der Waals surface area contributed by atoms with Gasteiger partial charge in [-0.2, -0.15) is 0 Å². The van der Waals surface area contributed by atoms with Crippen LogP contribution in [0.1, 0.15) is 35.7 Å². The van der Waals surface area contributed by atoms with Gasteiger partial charge in [0.1, 0.15) is 11.6 Å². The topological polar surface area (TPSA) is 67.4 Å². The van der Waals surface area contributed by atoms with Crippen molar-refractivity contribution in [3.63, 3.8) is 0 Å². The van der Waals surface area contributed by atoms with Crippen molar-refractivity contribution in [2.24, 2.45) is 0 Å². The van der Waals surface area contributed by atoms with Gasteiger partial charge in [0, 0.05) is 16.9 Å². The molecule has 2 N–H and O–H groups in total. The van der Waals surface area contributed by atoms with Gasteiger partial charge in [-0.05, 0) is 53.9 Å². The summed E-state index contributed by atoms with van der Waals surface area (Å²) in [5.41, 5.74) is 2.16. The number of carbonyl (C=O) groups excluding carboxylic acids is 2. The zero-order chi connectivity index (χ0) is 22.4. The van der Waals surface area contributed by atoms with Gasteiger partial charge in [-0.1, -0.05) is 49.7 Å². The van der Waals surface area contributed by atoms with Gasteiger partial charge in [0.15, 0.2) is 6.61 Å². The Bertz CT molecular complexity index is 1100. The fourth-order valence-corrected chi connectivity index (χ4v) is 3.13. The molecule has 2 amide bonds. The number of benzene rings is 3. The minimum Gasteiger partial charge on any atom is -0.483 e. The molecule has 0 saturated carbocycles. The molecule has 3 rings (SSSR count). The molecule has 3 aromatic rings. The van der Waals surface area contributed by atoms with Crippen LogP contribution in [0, 0.1) is 5.82 Å². The van der Waals surface area contributed by atoms with Crippen LogP contribution >= 0.6 is 11.6 Å². The predicted octanol–water partition coefficient (Wildman–Crippen LogP) is 5.87. The molecule has 3 aromatic carbocycles. The van der Waals surface area contributed by atoms with E-state index in [2.05, 4.69) is 24.5 Å². The Labute approximate surface area is 185 Å². The molecule has 31 heavy (non-hydrogen) atoms. The van der Waals surface area contributed by atoms with E-state index in [1.54, 1.807) is 24.3 Å². The first-order chi connectivity index (χ1) is 14.8. The zero-order valence-corrected chi connectivity index (χ0v) is 17.9. The largest absolute Gasteiger partial charge is 0.483 e. The first-order valence-corrected chi connectivity index (χ1v) is 10.1. The van der Waals surface area contributed by atoms with Gasteiger partial charge >= 0.3 is 0 Å². The first-order valence-electron chi connectivity index (χ1n) is 9.71. The van der Waals surface area contributed by atoms with Crippen molar-refractivity contribution in [1.29, 1.82) is 0 Å². The molecular weight excluding hydrogens is 419 g/mol. The van der Waals surface area contributed by atoms with E-state index in [0.717, 1.165) is 5.56 Å². The molecule has 5 nitrogen and oxygen atoms in total. The van der Waals surface area contributed by atoms with Crippen LogP contribution in [-0.2, 0) is 4.79 Å². The summed E-state index contributed by atoms with van der Waals surface area (Å²) in [4.78, 5) is 24.8. The second-order valence-corrected chi connectivity index (χ2v) is 7.60. The van der Waals surface area contributed by atoms with E-state index in [9.17, 15) is 14.0 Å². The number of nitrogens with one attached hydrogen (secondary N) is 2. The van der Waals surface area contributed by atoms with Crippen molar-refractivity contribution in [3.05, 3.63) is 88.7 Å². The SMILES string of the molecule is CC(C)c1ccccc1OCC(=O)Nc1cccc(C(=O)Nc2ccc(F)c(Cl)c2)c1. The van der Waals surface area contributed by atoms with E-state index in [4.69, 9.17) is 16.3 Å². The van der Waals surface area contributed by atoms with Crippen molar-refractivity contribution < 1.29 is 18.7 Å². The van der Waals surface area contributed by atoms with E-state index in [1.807, 2.05) is 24.3 Å². The van der Waals surface area contributed by atoms with Gasteiger partial charge < -0.3 is 15.4 Å². The lowest BCUT2D eigenvalue weighted by Crippen LogP contribution is -2.21. The summed E-state index contributed by atoms with van der Waals surface area (Å²) in [6, 6.07) is 18.0. The van der Waals surface area contributed by atoms with Gasteiger partial charge in [-0.3, -0.25) is 9.59 Å². The summed E-state index contributed by atoms with van der Waals surface area (Å²) >= 11 is 5.74. The lowest BCUT2D eigenvalue weighted by Gasteiger charge is -2.14. The van der Waals surface area contributed by atoms with E-state index >= 15 is 0 Å². The highest BCUT2D eigenvalue weighted by molar-refractivity contribution is 6.31. The second kappa shape index (κ2) is 10.1. The molecule has 0 radical (unpaired) electrons. The number of rotatable bonds is 7. The van der Waals surface area contributed by atoms with Crippen LogP contribution in [0.4, 0.5) is 15.8 Å². The molecule has 0 bridgehead atoms. The maximum atomic E-state index is 13.3. The van der Waals surface area contributed by atoms with Gasteiger partial charge in [-0.25, -0.2) is 4.39 Å². The summed E-state index contributed by atoms with van der Waals surface area (Å²) in [6.07, 6.45) is 0. The Hall–Kier alpha value is -3.38. The zero-order valence-electron chi connectivity index (χ0n) is 17.1. The third-order valence-electron chi connectivity index (χ3n) is 4.49. The quantitative estimate of drug-likeness (QED) is 0.482. The van der Waals surface area contributed by atoms with Gasteiger partial charge in [0.2, 0.25) is 0 Å². The smallest absolute Gasteiger partial charge is 0.262 e. The fraction of sp³-hybridized carbons (Fsp3) is 0.167. The molecule has 0 spiro atoms. The molecule has 160 valence electrons. The van der Waals surface area contributed by atoms with E-state index < -0.39 is 11.7 Å². The van der Waals surface area contributed by atoms with Crippen LogP contribution in [0.25, 0.3) is 0 Å². The van der Waals surface area contributed by atoms with Crippen LogP contribution in [0.15, 0.2) is 66.7 Å². The molecule has 0 saturated heterocycles. The highest BCUT2D eigenvalue weighted by Gasteiger charge is 2.12. The minimum absolute atomic E-state index is 0.0853. The summed E-state index contributed by atoms with van der Waals surface area (Å²) < 4.78 is 18.9. The molecule has 7 heteroatoms. The lowest BCUT2D eigenvalue weighted by atomic mass is 10.0. The van der Waals surface area contributed by atoms with Crippen LogP contribution < -0.4 is 15.4 Å². The number of ether oxygens (including phenoxy) is 1. The Kier molecular flexibility index (Phi) is 7.26. The molecule has 0 unspecified atom stereocenters. The first kappa shape index (κ1) is 22.3. The average molecular weight is 441 g/mol. The number of hydrogen-bond donors (Lipinski definition) is 2. The van der Waals surface area contributed by atoms with Gasteiger partial charge in [0.05, 0.1) is 5.02 Å². The Morgan fingerprint density at radius 2 is 1.71 bits per heavy atom. The molecule has 0 atom stereocenters. The van der Waals surface area contributed by atoms with Crippen LogP contribution in [0.2, 0.25) is 5.02 Å². The minimum atomic E-state index is -0.567. The summed E-state index contributed by atoms with van der Waals surface area (Å²) in [7, 11) is 0. The van der Waals surface area contributed by atoms with Crippen molar-refractivity contribution in [3.8, 4) is 5.75 Å². The summed E-state index contributed by atoms with van der Waals surface area (Å²) in [6.45, 7) is 3.95. The standard InChI is InChI=1S/C24H22ClFN2O3/c1-15(2)19-8-3-4-9-22(19)31-14-23(29)27-17-7-5-6-16(12-17)24(30)28-18-10-11-21(26)20(25)13-18/h3-13,15H,14H2,1-2H3,(H,27,29)(H,28,30). The Morgan fingerprint density at radius 3 is 2.45 bits per heavy atom. The van der Waals surface area contributed by atoms with Crippen molar-refractivity contribution in [2.45, 2.75) is 19.8 Å². The molecule has 0 aromatic heterocycles. The number of hydrogen-bond acceptors (Lipinski definition) is 3. The fourth-order valence-electron chi connectivity index (χ4n) is 2.94. The van der Waals surface area contributed by atoms with Crippen LogP contribution in [-0.4, -0.2) is 18.4 Å². The number of para-hydroxylation sites is 1. The van der Waals surface area contributed by atoms with Crippen LogP contribution in [0.5, 0.6) is 5.75 Å². The molecule has 0 aliphatic heterocycles. The highest BCUT2D eigenvalue weighted by atomic mass is 35.5. The van der Waals surface area contributed by atoms with E-state index in [1.165, 1.54) is 18.2 Å². The molecule has 0 heterocycles. The molecule has 0 aliphatic rings. The number of carbonyl (C=O) groups is 2. The van der Waals surface area contributed by atoms with Gasteiger partial charge in [0.25, 0.3) is 11.8 Å². The summed E-state index contributed by atoms with van der Waals surface area (Å²) in [5, 5.41) is 5.28. The third kappa shape index (κ3) is 6.06. The molecule has 0 aliphatic carbocycles. The lowest BCUT2D eigenvalue weighted by molar-refractivity contribution is -0.118. The summed E-state index contributed by atoms with van der Waals surface area (Å²) in [5.74, 6) is -0.394. The number of amides is 2. The Morgan fingerprint density at radius 1 is 0.968 bits per heavy atom. The van der Waals surface area contributed by atoms with Crippen LogP contribution in [0.3, 0.4) is 0 Å². The monoisotopic (exact) mass is 440 g/mol.